The summed E-state index contributed by atoms with van der Waals surface area (Å²) in [5.41, 5.74) is 1.32. The first-order chi connectivity index (χ1) is 15.1. The lowest BCUT2D eigenvalue weighted by molar-refractivity contribution is -0.140. The van der Waals surface area contributed by atoms with Gasteiger partial charge in [0.25, 0.3) is 0 Å². The molecule has 4 aromatic rings. The van der Waals surface area contributed by atoms with Crippen LogP contribution in [0.1, 0.15) is 11.3 Å². The Morgan fingerprint density at radius 1 is 0.812 bits per heavy atom. The predicted octanol–water partition coefficient (Wildman–Crippen LogP) is 5.94. The Balaban J connectivity index is 2.07. The molecule has 0 N–H and O–H groups in total. The van der Waals surface area contributed by atoms with Gasteiger partial charge < -0.3 is 0 Å². The largest absolute Gasteiger partial charge is 0.435 e. The third-order valence-electron chi connectivity index (χ3n) is 5.05. The topological polar surface area (TPSA) is 52.0 Å². The molecule has 4 nitrogen and oxygen atoms in total. The van der Waals surface area contributed by atoms with Gasteiger partial charge in [-0.25, -0.2) is 13.1 Å². The molecule has 0 amide bonds. The Morgan fingerprint density at radius 3 is 1.91 bits per heavy atom. The molecule has 164 valence electrons. The first-order valence-electron chi connectivity index (χ1n) is 9.69. The molecule has 0 spiro atoms. The quantitative estimate of drug-likeness (QED) is 0.382. The van der Waals surface area contributed by atoms with Gasteiger partial charge >= 0.3 is 6.18 Å². The number of sulfone groups is 1. The summed E-state index contributed by atoms with van der Waals surface area (Å²) in [5, 5.41) is 3.97. The van der Waals surface area contributed by atoms with Gasteiger partial charge in [-0.3, -0.25) is 0 Å². The van der Waals surface area contributed by atoms with Crippen molar-refractivity contribution in [2.45, 2.75) is 18.0 Å². The molecule has 0 saturated heterocycles. The summed E-state index contributed by atoms with van der Waals surface area (Å²) in [5.74, 6) is 0. The van der Waals surface area contributed by atoms with Gasteiger partial charge in [-0.15, -0.1) is 0 Å². The molecule has 0 radical (unpaired) electrons. The minimum atomic E-state index is -4.69. The Labute approximate surface area is 183 Å². The minimum Gasteiger partial charge on any atom is -0.232 e. The smallest absolute Gasteiger partial charge is 0.232 e. The zero-order valence-corrected chi connectivity index (χ0v) is 18.1. The summed E-state index contributed by atoms with van der Waals surface area (Å²) in [6.45, 7) is 1.85. The average molecular weight is 456 g/mol. The maximum Gasteiger partial charge on any atom is 0.435 e. The van der Waals surface area contributed by atoms with Crippen molar-refractivity contribution >= 4 is 9.84 Å². The van der Waals surface area contributed by atoms with Crippen LogP contribution in [0, 0.1) is 6.92 Å². The molecule has 8 heteroatoms. The van der Waals surface area contributed by atoms with E-state index in [-0.39, 0.29) is 16.2 Å². The third-order valence-corrected chi connectivity index (χ3v) is 6.18. The van der Waals surface area contributed by atoms with E-state index in [0.29, 0.717) is 16.8 Å². The number of aromatic nitrogens is 2. The third kappa shape index (κ3) is 4.18. The number of nitrogens with zero attached hydrogens (tertiary/aromatic N) is 2. The van der Waals surface area contributed by atoms with Crippen LogP contribution in [0.2, 0.25) is 0 Å². The van der Waals surface area contributed by atoms with Gasteiger partial charge in [0.15, 0.2) is 15.5 Å². The molecule has 3 aromatic carbocycles. The van der Waals surface area contributed by atoms with Crippen LogP contribution in [0.3, 0.4) is 0 Å². The summed E-state index contributed by atoms with van der Waals surface area (Å²) in [4.78, 5) is 0.0833. The number of benzene rings is 3. The van der Waals surface area contributed by atoms with Crippen LogP contribution in [-0.4, -0.2) is 24.5 Å². The highest BCUT2D eigenvalue weighted by atomic mass is 32.2. The van der Waals surface area contributed by atoms with E-state index in [1.807, 2.05) is 6.92 Å². The fourth-order valence-corrected chi connectivity index (χ4v) is 4.12. The molecule has 0 aliphatic rings. The summed E-state index contributed by atoms with van der Waals surface area (Å²) in [6.07, 6.45) is -3.61. The summed E-state index contributed by atoms with van der Waals surface area (Å²) >= 11 is 0. The Hall–Kier alpha value is -3.39. The van der Waals surface area contributed by atoms with Crippen LogP contribution >= 0.6 is 0 Å². The van der Waals surface area contributed by atoms with Crippen LogP contribution in [0.5, 0.6) is 0 Å². The van der Waals surface area contributed by atoms with Gasteiger partial charge in [0, 0.05) is 17.4 Å². The van der Waals surface area contributed by atoms with Crippen LogP contribution in [0.25, 0.3) is 28.1 Å². The van der Waals surface area contributed by atoms with E-state index in [9.17, 15) is 21.6 Å². The van der Waals surface area contributed by atoms with Crippen molar-refractivity contribution in [1.29, 1.82) is 0 Å². The Morgan fingerprint density at radius 2 is 1.38 bits per heavy atom. The number of hydrogen-bond donors (Lipinski definition) is 0. The fraction of sp³-hybridized carbons (Fsp3) is 0.125. The van der Waals surface area contributed by atoms with E-state index in [1.165, 1.54) is 28.9 Å². The van der Waals surface area contributed by atoms with Crippen molar-refractivity contribution in [3.05, 3.63) is 90.1 Å². The fourth-order valence-electron chi connectivity index (χ4n) is 3.49. The molecule has 0 bridgehead atoms. The lowest BCUT2D eigenvalue weighted by Gasteiger charge is -2.12. The Bertz CT molecular complexity index is 1360. The molecule has 4 rings (SSSR count). The van der Waals surface area contributed by atoms with Crippen molar-refractivity contribution in [2.75, 3.05) is 6.26 Å². The highest BCUT2D eigenvalue weighted by Crippen LogP contribution is 2.43. The summed E-state index contributed by atoms with van der Waals surface area (Å²) < 4.78 is 67.3. The number of para-hydroxylation sites is 1. The van der Waals surface area contributed by atoms with E-state index in [2.05, 4.69) is 5.10 Å². The highest BCUT2D eigenvalue weighted by Gasteiger charge is 2.40. The molecule has 0 aliphatic heterocycles. The molecule has 0 aliphatic carbocycles. The molecular formula is C24H19F3N2O2S. The minimum absolute atomic E-state index is 0.0616. The summed E-state index contributed by atoms with van der Waals surface area (Å²) in [7, 11) is -3.45. The van der Waals surface area contributed by atoms with E-state index >= 15 is 0 Å². The summed E-state index contributed by atoms with van der Waals surface area (Å²) in [6, 6.07) is 21.1. The standard InChI is InChI=1S/C24H19F3N2O2S/c1-16-8-10-17(11-9-16)21-22(18-12-14-20(15-13-18)32(2,30)31)29(19-6-4-3-5-7-19)28-23(21)24(25,26)27/h3-15H,1-2H3. The van der Waals surface area contributed by atoms with Crippen LogP contribution in [-0.2, 0) is 16.0 Å². The lowest BCUT2D eigenvalue weighted by Crippen LogP contribution is -2.08. The van der Waals surface area contributed by atoms with Crippen LogP contribution in [0.15, 0.2) is 83.8 Å². The first-order valence-corrected chi connectivity index (χ1v) is 11.6. The second kappa shape index (κ2) is 7.94. The average Bonchev–Trinajstić information content (AvgIpc) is 3.15. The zero-order valence-electron chi connectivity index (χ0n) is 17.3. The molecular weight excluding hydrogens is 437 g/mol. The molecule has 0 unspecified atom stereocenters. The molecule has 0 fully saturated rings. The lowest BCUT2D eigenvalue weighted by atomic mass is 9.97. The van der Waals surface area contributed by atoms with Gasteiger partial charge in [0.2, 0.25) is 0 Å². The van der Waals surface area contributed by atoms with Gasteiger partial charge in [-0.2, -0.15) is 18.3 Å². The SMILES string of the molecule is Cc1ccc(-c2c(C(F)(F)F)nn(-c3ccccc3)c2-c2ccc(S(C)(=O)=O)cc2)cc1. The monoisotopic (exact) mass is 456 g/mol. The number of halogens is 3. The molecule has 1 aromatic heterocycles. The van der Waals surface area contributed by atoms with Crippen molar-refractivity contribution in [3.63, 3.8) is 0 Å². The normalized spacial score (nSPS) is 12.2. The number of alkyl halides is 3. The van der Waals surface area contributed by atoms with Crippen molar-refractivity contribution in [3.8, 4) is 28.1 Å². The maximum atomic E-state index is 14.1. The van der Waals surface area contributed by atoms with E-state index in [1.54, 1.807) is 54.6 Å². The van der Waals surface area contributed by atoms with Gasteiger partial charge in [0.05, 0.1) is 16.3 Å². The maximum absolute atomic E-state index is 14.1. The van der Waals surface area contributed by atoms with E-state index < -0.39 is 21.7 Å². The number of rotatable bonds is 4. The van der Waals surface area contributed by atoms with E-state index in [0.717, 1.165) is 11.8 Å². The Kier molecular flexibility index (Phi) is 5.42. The number of hydrogen-bond acceptors (Lipinski definition) is 3. The second-order valence-corrected chi connectivity index (χ2v) is 9.50. The first kappa shape index (κ1) is 21.8. The van der Waals surface area contributed by atoms with E-state index in [4.69, 9.17) is 0 Å². The number of aryl methyl sites for hydroxylation is 1. The highest BCUT2D eigenvalue weighted by molar-refractivity contribution is 7.90. The van der Waals surface area contributed by atoms with Crippen LogP contribution < -0.4 is 0 Å². The van der Waals surface area contributed by atoms with Crippen LogP contribution in [0.4, 0.5) is 13.2 Å². The molecule has 0 atom stereocenters. The van der Waals surface area contributed by atoms with Gasteiger partial charge in [0.1, 0.15) is 0 Å². The van der Waals surface area contributed by atoms with Gasteiger partial charge in [-0.1, -0.05) is 60.2 Å². The zero-order chi connectivity index (χ0) is 23.1. The van der Waals surface area contributed by atoms with Crippen molar-refractivity contribution in [2.24, 2.45) is 0 Å². The molecule has 32 heavy (non-hydrogen) atoms. The molecule has 0 saturated carbocycles. The predicted molar refractivity (Wildman–Crippen MR) is 117 cm³/mol. The van der Waals surface area contributed by atoms with Crippen molar-refractivity contribution in [1.82, 2.24) is 9.78 Å². The molecule has 1 heterocycles. The van der Waals surface area contributed by atoms with Crippen molar-refractivity contribution < 1.29 is 21.6 Å². The van der Waals surface area contributed by atoms with Gasteiger partial charge in [-0.05, 0) is 36.8 Å². The second-order valence-electron chi connectivity index (χ2n) is 7.48.